The molecule has 3 amide bonds. The summed E-state index contributed by atoms with van der Waals surface area (Å²) in [6.07, 6.45) is 2.08. The fourth-order valence-corrected chi connectivity index (χ4v) is 4.02. The summed E-state index contributed by atoms with van der Waals surface area (Å²) in [4.78, 5) is 50.4. The monoisotopic (exact) mass is 402 g/mol. The van der Waals surface area contributed by atoms with Crippen molar-refractivity contribution in [2.75, 3.05) is 18.7 Å². The maximum Gasteiger partial charge on any atom is 0.326 e. The maximum absolute atomic E-state index is 12.4. The van der Waals surface area contributed by atoms with E-state index in [2.05, 4.69) is 5.32 Å². The summed E-state index contributed by atoms with van der Waals surface area (Å²) in [7, 11) is 0. The van der Waals surface area contributed by atoms with Crippen LogP contribution in [-0.4, -0.2) is 48.0 Å². The molecule has 1 aliphatic carbocycles. The fourth-order valence-electron chi connectivity index (χ4n) is 4.02. The second-order valence-corrected chi connectivity index (χ2v) is 7.45. The molecule has 1 saturated carbocycles. The first-order valence-electron chi connectivity index (χ1n) is 9.69. The average Bonchev–Trinajstić information content (AvgIpc) is 3.26. The van der Waals surface area contributed by atoms with Crippen LogP contribution < -0.4 is 14.8 Å². The molecule has 2 fully saturated rings. The van der Waals surface area contributed by atoms with E-state index in [1.165, 1.54) is 6.92 Å². The predicted octanol–water partition coefficient (Wildman–Crippen LogP) is 1.46. The van der Waals surface area contributed by atoms with Crippen molar-refractivity contribution in [3.05, 3.63) is 18.2 Å². The molecule has 4 rings (SSSR count). The zero-order valence-electron chi connectivity index (χ0n) is 16.0. The van der Waals surface area contributed by atoms with Crippen LogP contribution in [0, 0.1) is 11.8 Å². The smallest absolute Gasteiger partial charge is 0.326 e. The number of esters is 1. The molecule has 3 atom stereocenters. The molecule has 2 heterocycles. The fraction of sp³-hybridized carbons (Fsp3) is 0.500. The summed E-state index contributed by atoms with van der Waals surface area (Å²) < 4.78 is 15.6. The van der Waals surface area contributed by atoms with Crippen molar-refractivity contribution >= 4 is 29.4 Å². The van der Waals surface area contributed by atoms with Crippen LogP contribution in [0.3, 0.4) is 0 Å². The Morgan fingerprint density at radius 1 is 1.14 bits per heavy atom. The average molecular weight is 402 g/mol. The molecular formula is C20H22N2O7. The van der Waals surface area contributed by atoms with Crippen LogP contribution in [0.15, 0.2) is 18.2 Å². The lowest BCUT2D eigenvalue weighted by Crippen LogP contribution is -2.39. The van der Waals surface area contributed by atoms with Gasteiger partial charge in [0.1, 0.15) is 6.54 Å². The Hall–Kier alpha value is -3.10. The molecule has 0 spiro atoms. The third kappa shape index (κ3) is 3.76. The molecule has 154 valence electrons. The lowest BCUT2D eigenvalue weighted by molar-refractivity contribution is -0.158. The van der Waals surface area contributed by atoms with E-state index < -0.39 is 24.5 Å². The van der Waals surface area contributed by atoms with E-state index >= 15 is 0 Å². The number of benzene rings is 1. The van der Waals surface area contributed by atoms with Crippen LogP contribution in [0.4, 0.5) is 5.69 Å². The number of amides is 3. The molecule has 3 aliphatic rings. The Balaban J connectivity index is 1.31. The van der Waals surface area contributed by atoms with Crippen LogP contribution in [0.25, 0.3) is 0 Å². The summed E-state index contributed by atoms with van der Waals surface area (Å²) in [5.74, 6) is -1.50. The van der Waals surface area contributed by atoms with Gasteiger partial charge in [-0.2, -0.15) is 0 Å². The van der Waals surface area contributed by atoms with Gasteiger partial charge in [0.05, 0.1) is 11.8 Å². The zero-order valence-corrected chi connectivity index (χ0v) is 16.0. The topological polar surface area (TPSA) is 111 Å². The molecule has 0 aromatic heterocycles. The highest BCUT2D eigenvalue weighted by atomic mass is 16.7. The van der Waals surface area contributed by atoms with E-state index in [-0.39, 0.29) is 30.4 Å². The molecular weight excluding hydrogens is 380 g/mol. The molecule has 0 radical (unpaired) electrons. The van der Waals surface area contributed by atoms with Gasteiger partial charge in [-0.15, -0.1) is 0 Å². The summed E-state index contributed by atoms with van der Waals surface area (Å²) in [6.45, 7) is 1.08. The van der Waals surface area contributed by atoms with Gasteiger partial charge in [-0.05, 0) is 31.9 Å². The van der Waals surface area contributed by atoms with Gasteiger partial charge >= 0.3 is 5.97 Å². The normalized spacial score (nSPS) is 23.6. The third-order valence-corrected chi connectivity index (χ3v) is 5.54. The van der Waals surface area contributed by atoms with E-state index in [9.17, 15) is 19.2 Å². The quantitative estimate of drug-likeness (QED) is 0.586. The summed E-state index contributed by atoms with van der Waals surface area (Å²) in [5, 5.41) is 2.63. The lowest BCUT2D eigenvalue weighted by atomic mass is 9.81. The first-order chi connectivity index (χ1) is 13.9. The number of rotatable bonds is 5. The molecule has 1 aromatic rings. The van der Waals surface area contributed by atoms with Gasteiger partial charge in [0, 0.05) is 11.8 Å². The molecule has 3 unspecified atom stereocenters. The van der Waals surface area contributed by atoms with Gasteiger partial charge in [-0.3, -0.25) is 24.1 Å². The van der Waals surface area contributed by atoms with Gasteiger partial charge in [0.15, 0.2) is 17.6 Å². The Bertz CT molecular complexity index is 844. The van der Waals surface area contributed by atoms with Crippen molar-refractivity contribution in [2.24, 2.45) is 11.8 Å². The van der Waals surface area contributed by atoms with Gasteiger partial charge in [0.25, 0.3) is 5.91 Å². The highest BCUT2D eigenvalue weighted by Gasteiger charge is 2.48. The number of anilines is 1. The van der Waals surface area contributed by atoms with Crippen LogP contribution >= 0.6 is 0 Å². The van der Waals surface area contributed by atoms with Gasteiger partial charge < -0.3 is 19.5 Å². The van der Waals surface area contributed by atoms with Gasteiger partial charge in [0.2, 0.25) is 18.6 Å². The number of hydrogen-bond donors (Lipinski definition) is 1. The second-order valence-electron chi connectivity index (χ2n) is 7.45. The summed E-state index contributed by atoms with van der Waals surface area (Å²) in [5.41, 5.74) is 0.469. The van der Waals surface area contributed by atoms with Gasteiger partial charge in [-0.25, -0.2) is 0 Å². The minimum absolute atomic E-state index is 0.121. The molecule has 0 bridgehead atoms. The van der Waals surface area contributed by atoms with Gasteiger partial charge in [-0.1, -0.05) is 12.8 Å². The number of imide groups is 1. The zero-order chi connectivity index (χ0) is 20.5. The molecule has 9 heteroatoms. The highest BCUT2D eigenvalue weighted by Crippen LogP contribution is 2.38. The minimum atomic E-state index is -1.09. The predicted molar refractivity (Wildman–Crippen MR) is 98.9 cm³/mol. The Morgan fingerprint density at radius 2 is 1.79 bits per heavy atom. The van der Waals surface area contributed by atoms with Crippen molar-refractivity contribution in [3.8, 4) is 11.5 Å². The van der Waals surface area contributed by atoms with Crippen LogP contribution in [0.2, 0.25) is 0 Å². The Morgan fingerprint density at radius 3 is 2.48 bits per heavy atom. The Labute approximate surface area is 167 Å². The first-order valence-corrected chi connectivity index (χ1v) is 9.69. The highest BCUT2D eigenvalue weighted by molar-refractivity contribution is 6.07. The van der Waals surface area contributed by atoms with E-state index in [0.29, 0.717) is 30.0 Å². The standard InChI is InChI=1S/C20H22N2O7/c1-11(18(24)21-12-6-7-15-16(8-12)28-10-27-15)29-17(23)9-22-19(25)13-4-2-3-5-14(13)20(22)26/h6-8,11,13-14H,2-5,9-10H2,1H3,(H,21,24). The number of hydrogen-bond acceptors (Lipinski definition) is 7. The number of likely N-dealkylation sites (tertiary alicyclic amines) is 1. The number of nitrogens with zero attached hydrogens (tertiary/aromatic N) is 1. The van der Waals surface area contributed by atoms with Crippen molar-refractivity contribution in [1.82, 2.24) is 4.90 Å². The van der Waals surface area contributed by atoms with Crippen LogP contribution in [0.5, 0.6) is 11.5 Å². The molecule has 2 aliphatic heterocycles. The van der Waals surface area contributed by atoms with Crippen molar-refractivity contribution in [3.63, 3.8) is 0 Å². The summed E-state index contributed by atoms with van der Waals surface area (Å²) in [6, 6.07) is 4.92. The number of fused-ring (bicyclic) bond motifs is 2. The van der Waals surface area contributed by atoms with E-state index in [1.54, 1.807) is 18.2 Å². The number of carbonyl (C=O) groups is 4. The molecule has 1 saturated heterocycles. The maximum atomic E-state index is 12.4. The first kappa shape index (κ1) is 19.2. The van der Waals surface area contributed by atoms with Crippen molar-refractivity contribution < 1.29 is 33.4 Å². The number of ether oxygens (including phenoxy) is 3. The van der Waals surface area contributed by atoms with Crippen LogP contribution in [0.1, 0.15) is 32.6 Å². The van der Waals surface area contributed by atoms with Crippen molar-refractivity contribution in [2.45, 2.75) is 38.7 Å². The van der Waals surface area contributed by atoms with E-state index in [4.69, 9.17) is 14.2 Å². The molecule has 9 nitrogen and oxygen atoms in total. The molecule has 1 N–H and O–H groups in total. The van der Waals surface area contributed by atoms with E-state index in [1.807, 2.05) is 0 Å². The summed E-state index contributed by atoms with van der Waals surface area (Å²) >= 11 is 0. The Kier molecular flexibility index (Phi) is 5.12. The largest absolute Gasteiger partial charge is 0.454 e. The van der Waals surface area contributed by atoms with Crippen LogP contribution in [-0.2, 0) is 23.9 Å². The number of carbonyl (C=O) groups excluding carboxylic acids is 4. The minimum Gasteiger partial charge on any atom is -0.454 e. The lowest BCUT2D eigenvalue weighted by Gasteiger charge is -2.19. The second kappa shape index (κ2) is 7.73. The molecule has 29 heavy (non-hydrogen) atoms. The SMILES string of the molecule is CC(OC(=O)CN1C(=O)C2CCCCC2C1=O)C(=O)Nc1ccc2c(c1)OCO2. The van der Waals surface area contributed by atoms with E-state index in [0.717, 1.165) is 17.7 Å². The number of nitrogens with one attached hydrogen (secondary N) is 1. The van der Waals surface area contributed by atoms with Crippen molar-refractivity contribution in [1.29, 1.82) is 0 Å². The third-order valence-electron chi connectivity index (χ3n) is 5.54. The molecule has 1 aromatic carbocycles.